The number of nitrogens with zero attached hydrogens (tertiary/aromatic N) is 4. The van der Waals surface area contributed by atoms with E-state index >= 15 is 0 Å². The van der Waals surface area contributed by atoms with Gasteiger partial charge in [0, 0.05) is 20.1 Å². The van der Waals surface area contributed by atoms with Crippen LogP contribution in [0, 0.1) is 11.8 Å². The fraction of sp³-hybridized carbons (Fsp3) is 0.435. The van der Waals surface area contributed by atoms with E-state index in [1.165, 1.54) is 11.6 Å². The summed E-state index contributed by atoms with van der Waals surface area (Å²) in [6.45, 7) is 8.53. The molecule has 0 aliphatic carbocycles. The maximum atomic E-state index is 13.1. The van der Waals surface area contributed by atoms with Crippen LogP contribution in [0.5, 0.6) is 0 Å². The number of nitrogen functional groups attached to an aromatic ring is 1. The van der Waals surface area contributed by atoms with Gasteiger partial charge in [0.1, 0.15) is 11.4 Å². The molecule has 2 N–H and O–H groups in total. The average Bonchev–Trinajstić information content (AvgIpc) is 2.76. The number of fused-ring (bicyclic) bond motifs is 1. The summed E-state index contributed by atoms with van der Waals surface area (Å²) in [4.78, 5) is 55.9. The third-order valence-corrected chi connectivity index (χ3v) is 6.09. The van der Waals surface area contributed by atoms with E-state index in [9.17, 15) is 19.2 Å². The van der Waals surface area contributed by atoms with E-state index in [4.69, 9.17) is 5.73 Å². The number of benzene rings is 1. The molecule has 33 heavy (non-hydrogen) atoms. The lowest BCUT2D eigenvalue weighted by Crippen LogP contribution is -2.43. The first kappa shape index (κ1) is 24.5. The van der Waals surface area contributed by atoms with Crippen LogP contribution in [0.2, 0.25) is 0 Å². The molecule has 0 fully saturated rings. The van der Waals surface area contributed by atoms with Gasteiger partial charge in [-0.3, -0.25) is 28.1 Å². The molecule has 3 rings (SSSR count). The number of hydrogen-bond acceptors (Lipinski definition) is 7. The minimum atomic E-state index is -0.728. The number of hydrogen-bond donors (Lipinski definition) is 1. The van der Waals surface area contributed by atoms with Crippen molar-refractivity contribution < 1.29 is 4.79 Å². The Labute approximate surface area is 195 Å². The zero-order valence-corrected chi connectivity index (χ0v) is 20.3. The lowest BCUT2D eigenvalue weighted by molar-refractivity contribution is 0.102. The van der Waals surface area contributed by atoms with Gasteiger partial charge >= 0.3 is 5.69 Å². The molecule has 3 aromatic rings. The Morgan fingerprint density at radius 1 is 1.00 bits per heavy atom. The molecule has 0 radical (unpaired) electrons. The van der Waals surface area contributed by atoms with Gasteiger partial charge in [-0.2, -0.15) is 0 Å². The molecule has 0 saturated heterocycles. The number of anilines is 1. The normalized spacial score (nSPS) is 11.6. The molecule has 0 atom stereocenters. The van der Waals surface area contributed by atoms with Crippen molar-refractivity contribution in [1.29, 1.82) is 0 Å². The third-order valence-electron chi connectivity index (χ3n) is 5.12. The monoisotopic (exact) mass is 471 g/mol. The fourth-order valence-corrected chi connectivity index (χ4v) is 4.45. The summed E-state index contributed by atoms with van der Waals surface area (Å²) in [5, 5.41) is 0.902. The van der Waals surface area contributed by atoms with E-state index in [0.29, 0.717) is 22.6 Å². The van der Waals surface area contributed by atoms with Gasteiger partial charge in [-0.1, -0.05) is 51.6 Å². The van der Waals surface area contributed by atoms with E-state index in [2.05, 4.69) is 4.98 Å². The number of rotatable bonds is 8. The van der Waals surface area contributed by atoms with Crippen molar-refractivity contribution in [1.82, 2.24) is 18.7 Å². The van der Waals surface area contributed by atoms with E-state index < -0.39 is 17.0 Å². The Morgan fingerprint density at radius 3 is 2.24 bits per heavy atom. The number of carbonyl (C=O) groups is 1. The summed E-state index contributed by atoms with van der Waals surface area (Å²) in [5.74, 6) is -0.528. The first-order chi connectivity index (χ1) is 15.5. The Bertz CT molecular complexity index is 1380. The second-order valence-electron chi connectivity index (χ2n) is 8.84. The van der Waals surface area contributed by atoms with Gasteiger partial charge in [0.15, 0.2) is 10.9 Å². The topological polar surface area (TPSA) is 122 Å². The van der Waals surface area contributed by atoms with Crippen molar-refractivity contribution in [3.63, 3.8) is 0 Å². The van der Waals surface area contributed by atoms with Gasteiger partial charge in [0.25, 0.3) is 11.1 Å². The second kappa shape index (κ2) is 9.78. The highest BCUT2D eigenvalue weighted by atomic mass is 32.2. The van der Waals surface area contributed by atoms with Gasteiger partial charge in [-0.05, 0) is 24.0 Å². The van der Waals surface area contributed by atoms with Crippen LogP contribution in [0.1, 0.15) is 38.1 Å². The van der Waals surface area contributed by atoms with Crippen LogP contribution in [0.3, 0.4) is 0 Å². The van der Waals surface area contributed by atoms with Crippen molar-refractivity contribution in [2.75, 3.05) is 11.5 Å². The summed E-state index contributed by atoms with van der Waals surface area (Å²) in [5.41, 5.74) is 4.98. The van der Waals surface area contributed by atoms with Crippen LogP contribution in [-0.2, 0) is 20.1 Å². The number of ketones is 1. The average molecular weight is 472 g/mol. The Kier molecular flexibility index (Phi) is 7.26. The molecule has 0 saturated carbocycles. The predicted octanol–water partition coefficient (Wildman–Crippen LogP) is 2.13. The molecule has 0 unspecified atom stereocenters. The first-order valence-electron chi connectivity index (χ1n) is 10.8. The third kappa shape index (κ3) is 4.95. The molecule has 176 valence electrons. The van der Waals surface area contributed by atoms with Gasteiger partial charge in [0.05, 0.1) is 16.7 Å². The molecule has 10 heteroatoms. The Morgan fingerprint density at radius 2 is 1.61 bits per heavy atom. The van der Waals surface area contributed by atoms with Gasteiger partial charge in [-0.15, -0.1) is 0 Å². The molecule has 0 spiro atoms. The minimum absolute atomic E-state index is 0.0899. The predicted molar refractivity (Wildman–Crippen MR) is 131 cm³/mol. The summed E-state index contributed by atoms with van der Waals surface area (Å²) >= 11 is 1.08. The maximum Gasteiger partial charge on any atom is 0.332 e. The lowest BCUT2D eigenvalue weighted by Gasteiger charge is -2.17. The standard InChI is InChI=1S/C23H29N5O4S/c1-13(2)10-27-19(24)18(21(31)26(5)23(27)32)17(29)12-33-22-25-16-9-7-6-8-15(16)20(30)28(22)11-14(3)4/h6-9,13-14H,10-12,24H2,1-5H3. The Balaban J connectivity index is 2.02. The highest BCUT2D eigenvalue weighted by molar-refractivity contribution is 7.99. The number of carbonyl (C=O) groups excluding carboxylic acids is 1. The smallest absolute Gasteiger partial charge is 0.332 e. The number of Topliss-reactive ketones (excluding diaryl/α,β-unsaturated/α-hetero) is 1. The molecule has 0 bridgehead atoms. The summed E-state index contributed by atoms with van der Waals surface area (Å²) < 4.78 is 3.72. The van der Waals surface area contributed by atoms with E-state index in [-0.39, 0.29) is 41.1 Å². The van der Waals surface area contributed by atoms with Gasteiger partial charge < -0.3 is 5.73 Å². The zero-order chi connectivity index (χ0) is 24.4. The highest BCUT2D eigenvalue weighted by Gasteiger charge is 2.23. The summed E-state index contributed by atoms with van der Waals surface area (Å²) in [7, 11) is 1.33. The highest BCUT2D eigenvalue weighted by Crippen LogP contribution is 2.21. The van der Waals surface area contributed by atoms with Crippen LogP contribution in [0.25, 0.3) is 10.9 Å². The molecule has 2 heterocycles. The van der Waals surface area contributed by atoms with Crippen LogP contribution in [0.4, 0.5) is 5.82 Å². The second-order valence-corrected chi connectivity index (χ2v) is 9.79. The number of aromatic nitrogens is 4. The largest absolute Gasteiger partial charge is 0.384 e. The van der Waals surface area contributed by atoms with Crippen molar-refractivity contribution >= 4 is 34.3 Å². The molecule has 0 aliphatic rings. The van der Waals surface area contributed by atoms with Crippen molar-refractivity contribution in [2.45, 2.75) is 45.9 Å². The molecule has 0 amide bonds. The fourth-order valence-electron chi connectivity index (χ4n) is 3.57. The van der Waals surface area contributed by atoms with E-state index in [0.717, 1.165) is 16.3 Å². The van der Waals surface area contributed by atoms with Crippen molar-refractivity contribution in [2.24, 2.45) is 18.9 Å². The SMILES string of the molecule is CC(C)Cn1c(SCC(=O)c2c(N)n(CC(C)C)c(=O)n(C)c2=O)nc2ccccc2c1=O. The number of nitrogens with two attached hydrogens (primary N) is 1. The number of para-hydroxylation sites is 1. The molecule has 2 aromatic heterocycles. The van der Waals surface area contributed by atoms with E-state index in [1.54, 1.807) is 28.8 Å². The van der Waals surface area contributed by atoms with Crippen LogP contribution < -0.4 is 22.5 Å². The molecular weight excluding hydrogens is 442 g/mol. The molecule has 0 aliphatic heterocycles. The van der Waals surface area contributed by atoms with Crippen LogP contribution in [-0.4, -0.2) is 30.2 Å². The number of thioether (sulfide) groups is 1. The zero-order valence-electron chi connectivity index (χ0n) is 19.5. The molecular formula is C23H29N5O4S. The summed E-state index contributed by atoms with van der Waals surface area (Å²) in [6.07, 6.45) is 0. The quantitative estimate of drug-likeness (QED) is 0.303. The van der Waals surface area contributed by atoms with Crippen LogP contribution >= 0.6 is 11.8 Å². The lowest BCUT2D eigenvalue weighted by atomic mass is 10.2. The molecule has 1 aromatic carbocycles. The Hall–Kier alpha value is -3.14. The minimum Gasteiger partial charge on any atom is -0.384 e. The summed E-state index contributed by atoms with van der Waals surface area (Å²) in [6, 6.07) is 7.05. The first-order valence-corrected chi connectivity index (χ1v) is 11.8. The van der Waals surface area contributed by atoms with Gasteiger partial charge in [0.2, 0.25) is 0 Å². The maximum absolute atomic E-state index is 13.1. The van der Waals surface area contributed by atoms with Crippen molar-refractivity contribution in [3.05, 3.63) is 61.0 Å². The van der Waals surface area contributed by atoms with Crippen LogP contribution in [0.15, 0.2) is 43.8 Å². The van der Waals surface area contributed by atoms with Gasteiger partial charge in [-0.25, -0.2) is 9.78 Å². The van der Waals surface area contributed by atoms with Crippen molar-refractivity contribution in [3.8, 4) is 0 Å². The molecule has 9 nitrogen and oxygen atoms in total. The van der Waals surface area contributed by atoms with E-state index in [1.807, 2.05) is 27.7 Å².